The Morgan fingerprint density at radius 3 is 2.25 bits per heavy atom. The summed E-state index contributed by atoms with van der Waals surface area (Å²) < 4.78 is 4.65. The molecule has 0 saturated heterocycles. The highest BCUT2D eigenvalue weighted by Gasteiger charge is 1.79. The van der Waals surface area contributed by atoms with E-state index < -0.39 is 0 Å². The number of hydrogen-bond acceptors (Lipinski definition) is 3. The van der Waals surface area contributed by atoms with E-state index in [1.807, 2.05) is 35.1 Å². The van der Waals surface area contributed by atoms with Gasteiger partial charge in [0.2, 0.25) is 0 Å². The van der Waals surface area contributed by atoms with Crippen molar-refractivity contribution >= 4 is 11.8 Å². The number of thioether (sulfide) groups is 1. The maximum absolute atomic E-state index is 4.65. The average Bonchev–Trinajstić information content (AvgIpc) is 2.54. The van der Waals surface area contributed by atoms with Crippen molar-refractivity contribution in [2.45, 2.75) is 0 Å². The molecule has 0 bridgehead atoms. The first-order chi connectivity index (χ1) is 6.00. The lowest BCUT2D eigenvalue weighted by molar-refractivity contribution is 0.267. The topological polar surface area (TPSA) is 21.3 Å². The van der Waals surface area contributed by atoms with Crippen molar-refractivity contribution in [2.24, 2.45) is 0 Å². The molecule has 0 fully saturated rings. The number of rotatable bonds is 0. The van der Waals surface area contributed by atoms with Gasteiger partial charge in [0.1, 0.15) is 6.26 Å². The van der Waals surface area contributed by atoms with Gasteiger partial charge in [0, 0.05) is 6.20 Å². The number of nitrogens with one attached hydrogen (secondary N) is 1. The molecule has 2 nitrogen and oxygen atoms in total. The van der Waals surface area contributed by atoms with Crippen LogP contribution < -0.4 is 5.32 Å². The van der Waals surface area contributed by atoms with Gasteiger partial charge in [-0.1, -0.05) is 24.3 Å². The van der Waals surface area contributed by atoms with E-state index in [1.54, 1.807) is 24.2 Å². The number of hydrogen-bond donors (Lipinski definition) is 1. The summed E-state index contributed by atoms with van der Waals surface area (Å²) in [5.74, 6) is 0. The molecule has 2 aliphatic rings. The molecule has 2 heterocycles. The lowest BCUT2D eigenvalue weighted by Crippen LogP contribution is -1.98. The molecule has 0 atom stereocenters. The third-order valence-corrected chi connectivity index (χ3v) is 1.72. The van der Waals surface area contributed by atoms with E-state index in [9.17, 15) is 0 Å². The summed E-state index contributed by atoms with van der Waals surface area (Å²) in [6.07, 6.45) is 11.4. The monoisotopic (exact) mass is 181 g/mol. The summed E-state index contributed by atoms with van der Waals surface area (Å²) >= 11 is 1.69. The Bertz CT molecular complexity index is 199. The largest absolute Gasteiger partial charge is 0.479 e. The normalized spacial score (nSPS) is 17.3. The summed E-state index contributed by atoms with van der Waals surface area (Å²) in [5, 5.41) is 6.90. The molecule has 0 aromatic carbocycles. The van der Waals surface area contributed by atoms with Crippen LogP contribution in [0.4, 0.5) is 0 Å². The number of allylic oxidation sites excluding steroid dienone is 4. The molecule has 1 N–H and O–H groups in total. The second-order valence-electron chi connectivity index (χ2n) is 2.00. The van der Waals surface area contributed by atoms with E-state index in [0.717, 1.165) is 0 Å². The third kappa shape index (κ3) is 4.68. The highest BCUT2D eigenvalue weighted by atomic mass is 32.2. The van der Waals surface area contributed by atoms with Gasteiger partial charge in [0.05, 0.1) is 0 Å². The lowest BCUT2D eigenvalue weighted by Gasteiger charge is -1.82. The van der Waals surface area contributed by atoms with Gasteiger partial charge in [-0.15, -0.1) is 11.8 Å². The van der Waals surface area contributed by atoms with Gasteiger partial charge < -0.3 is 10.1 Å². The van der Waals surface area contributed by atoms with Crippen LogP contribution in [-0.4, -0.2) is 6.73 Å². The quantitative estimate of drug-likeness (QED) is 0.620. The fourth-order valence-electron chi connectivity index (χ4n) is 0.596. The zero-order valence-corrected chi connectivity index (χ0v) is 7.46. The highest BCUT2D eigenvalue weighted by Crippen LogP contribution is 2.06. The van der Waals surface area contributed by atoms with Gasteiger partial charge in [-0.25, -0.2) is 0 Å². The fourth-order valence-corrected chi connectivity index (χ4v) is 1.05. The van der Waals surface area contributed by atoms with E-state index in [2.05, 4.69) is 10.1 Å². The van der Waals surface area contributed by atoms with Crippen LogP contribution in [0.5, 0.6) is 0 Å². The second-order valence-corrected chi connectivity index (χ2v) is 2.81. The van der Waals surface area contributed by atoms with Crippen LogP contribution in [0.15, 0.2) is 47.6 Å². The Morgan fingerprint density at radius 1 is 1.08 bits per heavy atom. The SMILES string of the molecule is C1=CC=CSC=C1.C1=COCN1. The summed E-state index contributed by atoms with van der Waals surface area (Å²) in [4.78, 5) is 0. The van der Waals surface area contributed by atoms with Crippen molar-refractivity contribution in [1.82, 2.24) is 5.32 Å². The Hall–Kier alpha value is -1.09. The minimum absolute atomic E-state index is 0.639. The predicted molar refractivity (Wildman–Crippen MR) is 53.2 cm³/mol. The van der Waals surface area contributed by atoms with Gasteiger partial charge in [0.15, 0.2) is 6.73 Å². The molecule has 0 saturated carbocycles. The van der Waals surface area contributed by atoms with Crippen LogP contribution >= 0.6 is 11.8 Å². The Kier molecular flexibility index (Phi) is 4.96. The molecule has 2 aliphatic heterocycles. The molecule has 0 radical (unpaired) electrons. The van der Waals surface area contributed by atoms with Crippen molar-refractivity contribution in [3.63, 3.8) is 0 Å². The van der Waals surface area contributed by atoms with E-state index in [4.69, 9.17) is 0 Å². The zero-order chi connectivity index (χ0) is 8.49. The van der Waals surface area contributed by atoms with Crippen LogP contribution in [0.1, 0.15) is 0 Å². The number of ether oxygens (including phenoxy) is 1. The summed E-state index contributed by atoms with van der Waals surface area (Å²) in [6, 6.07) is 0. The van der Waals surface area contributed by atoms with Crippen LogP contribution in [-0.2, 0) is 4.74 Å². The Morgan fingerprint density at radius 2 is 1.83 bits per heavy atom. The molecule has 0 aromatic heterocycles. The van der Waals surface area contributed by atoms with Crippen LogP contribution in [0, 0.1) is 0 Å². The first-order valence-electron chi connectivity index (χ1n) is 3.64. The van der Waals surface area contributed by atoms with E-state index >= 15 is 0 Å². The molecule has 0 unspecified atom stereocenters. The van der Waals surface area contributed by atoms with Crippen molar-refractivity contribution in [3.05, 3.63) is 47.6 Å². The molecule has 12 heavy (non-hydrogen) atoms. The van der Waals surface area contributed by atoms with Crippen molar-refractivity contribution in [2.75, 3.05) is 6.73 Å². The van der Waals surface area contributed by atoms with Gasteiger partial charge in [-0.3, -0.25) is 0 Å². The molecular formula is C9H11NOS. The first-order valence-corrected chi connectivity index (χ1v) is 4.58. The zero-order valence-electron chi connectivity index (χ0n) is 6.64. The minimum atomic E-state index is 0.639. The van der Waals surface area contributed by atoms with Crippen LogP contribution in [0.2, 0.25) is 0 Å². The summed E-state index contributed by atoms with van der Waals surface area (Å²) in [6.45, 7) is 0.639. The molecule has 64 valence electrons. The van der Waals surface area contributed by atoms with Crippen molar-refractivity contribution in [3.8, 4) is 0 Å². The van der Waals surface area contributed by atoms with Gasteiger partial charge >= 0.3 is 0 Å². The maximum Gasteiger partial charge on any atom is 0.157 e. The lowest BCUT2D eigenvalue weighted by atomic mass is 10.5. The second kappa shape index (κ2) is 6.61. The minimum Gasteiger partial charge on any atom is -0.479 e. The standard InChI is InChI=1S/C6H6S.C3H5NO/c1-2-4-6-7-5-3-1;1-2-5-3-4-1/h1-6H;1-2,4H,3H2. The van der Waals surface area contributed by atoms with E-state index in [1.165, 1.54) is 0 Å². The van der Waals surface area contributed by atoms with E-state index in [0.29, 0.717) is 6.73 Å². The maximum atomic E-state index is 4.65. The summed E-state index contributed by atoms with van der Waals surface area (Å²) in [7, 11) is 0. The first kappa shape index (κ1) is 9.00. The molecule has 3 heteroatoms. The fraction of sp³-hybridized carbons (Fsp3) is 0.111. The molecule has 0 spiro atoms. The molecule has 0 aliphatic carbocycles. The highest BCUT2D eigenvalue weighted by molar-refractivity contribution is 8.04. The molecule has 0 aromatic rings. The predicted octanol–water partition coefficient (Wildman–Crippen LogP) is 2.35. The average molecular weight is 181 g/mol. The Balaban J connectivity index is 0.000000127. The third-order valence-electron chi connectivity index (χ3n) is 1.10. The van der Waals surface area contributed by atoms with Gasteiger partial charge in [0.25, 0.3) is 0 Å². The Labute approximate surface area is 76.7 Å². The van der Waals surface area contributed by atoms with Crippen molar-refractivity contribution < 1.29 is 4.74 Å². The molecule has 2 rings (SSSR count). The van der Waals surface area contributed by atoms with E-state index in [-0.39, 0.29) is 0 Å². The summed E-state index contributed by atoms with van der Waals surface area (Å²) in [5.41, 5.74) is 0. The molecule has 0 amide bonds. The molecular weight excluding hydrogens is 170 g/mol. The smallest absolute Gasteiger partial charge is 0.157 e. The van der Waals surface area contributed by atoms with Crippen molar-refractivity contribution in [1.29, 1.82) is 0 Å². The van der Waals surface area contributed by atoms with Gasteiger partial charge in [-0.05, 0) is 10.8 Å². The van der Waals surface area contributed by atoms with Crippen LogP contribution in [0.3, 0.4) is 0 Å². The van der Waals surface area contributed by atoms with Crippen LogP contribution in [0.25, 0.3) is 0 Å². The van der Waals surface area contributed by atoms with Gasteiger partial charge in [-0.2, -0.15) is 0 Å².